The number of hydrogen-bond donors (Lipinski definition) is 2. The van der Waals surface area contributed by atoms with E-state index >= 15 is 0 Å². The first-order chi connectivity index (χ1) is 13.0. The van der Waals surface area contributed by atoms with Crippen molar-refractivity contribution in [2.75, 3.05) is 13.1 Å². The average Bonchev–Trinajstić information content (AvgIpc) is 2.62. The van der Waals surface area contributed by atoms with Crippen LogP contribution in [0.3, 0.4) is 0 Å². The highest BCUT2D eigenvalue weighted by molar-refractivity contribution is 6.05. The molecule has 0 fully saturated rings. The Morgan fingerprint density at radius 1 is 0.852 bits per heavy atom. The van der Waals surface area contributed by atoms with Crippen LogP contribution in [0.5, 0.6) is 11.5 Å². The van der Waals surface area contributed by atoms with Gasteiger partial charge >= 0.3 is 17.8 Å². The van der Waals surface area contributed by atoms with E-state index in [9.17, 15) is 14.4 Å². The number of benzene rings is 2. The van der Waals surface area contributed by atoms with Gasteiger partial charge in [0, 0.05) is 29.9 Å². The number of hydrogen-bond acceptors (Lipinski definition) is 6. The Morgan fingerprint density at radius 2 is 1.41 bits per heavy atom. The smallest absolute Gasteiger partial charge is 0.412 e. The lowest BCUT2D eigenvalue weighted by atomic mass is 10.1. The minimum absolute atomic E-state index is 0.233. The maximum atomic E-state index is 12.3. The van der Waals surface area contributed by atoms with Crippen molar-refractivity contribution in [3.05, 3.63) is 46.8 Å². The molecule has 27 heavy (non-hydrogen) atoms. The number of rotatable bonds is 4. The number of nitrogens with one attached hydrogen (secondary N) is 2. The molecule has 0 aliphatic rings. The summed E-state index contributed by atoms with van der Waals surface area (Å²) in [5.41, 5.74) is -0.305. The van der Waals surface area contributed by atoms with Gasteiger partial charge in [-0.25, -0.2) is 14.4 Å². The fraction of sp³-hybridized carbons (Fsp3) is 0.211. The van der Waals surface area contributed by atoms with E-state index in [0.717, 1.165) is 0 Å². The number of amides is 2. The van der Waals surface area contributed by atoms with Gasteiger partial charge < -0.3 is 24.5 Å². The first-order valence-corrected chi connectivity index (χ1v) is 8.43. The SMILES string of the molecule is CCNC(=O)Oc1ccc2c(c1)oc(=O)c1cc(OC(=O)NCC)ccc12. The van der Waals surface area contributed by atoms with E-state index in [1.54, 1.807) is 38.1 Å². The summed E-state index contributed by atoms with van der Waals surface area (Å²) in [6.07, 6.45) is -1.19. The van der Waals surface area contributed by atoms with Crippen LogP contribution in [-0.2, 0) is 0 Å². The molecule has 0 atom stereocenters. The monoisotopic (exact) mass is 370 g/mol. The number of carbonyl (C=O) groups excluding carboxylic acids is 2. The van der Waals surface area contributed by atoms with E-state index in [0.29, 0.717) is 23.9 Å². The van der Waals surface area contributed by atoms with E-state index in [-0.39, 0.29) is 22.5 Å². The molecule has 0 saturated heterocycles. The van der Waals surface area contributed by atoms with Gasteiger partial charge in [0.1, 0.15) is 17.1 Å². The van der Waals surface area contributed by atoms with Crippen LogP contribution in [0.15, 0.2) is 45.6 Å². The molecule has 0 spiro atoms. The molecule has 2 N–H and O–H groups in total. The normalized spacial score (nSPS) is 10.6. The molecule has 2 amide bonds. The molecule has 3 aromatic rings. The second-order valence-electron chi connectivity index (χ2n) is 5.59. The van der Waals surface area contributed by atoms with Crippen LogP contribution in [-0.4, -0.2) is 25.3 Å². The largest absolute Gasteiger partial charge is 0.422 e. The summed E-state index contributed by atoms with van der Waals surface area (Å²) in [5, 5.41) is 6.60. The Kier molecular flexibility index (Phi) is 5.25. The molecule has 0 saturated carbocycles. The molecule has 8 heteroatoms. The molecule has 8 nitrogen and oxygen atoms in total. The lowest BCUT2D eigenvalue weighted by molar-refractivity contribution is 0.200. The van der Waals surface area contributed by atoms with Gasteiger partial charge in [0.05, 0.1) is 5.39 Å². The van der Waals surface area contributed by atoms with Crippen molar-refractivity contribution in [2.24, 2.45) is 0 Å². The van der Waals surface area contributed by atoms with Crippen molar-refractivity contribution in [3.8, 4) is 11.5 Å². The topological polar surface area (TPSA) is 107 Å². The van der Waals surface area contributed by atoms with Gasteiger partial charge in [-0.15, -0.1) is 0 Å². The van der Waals surface area contributed by atoms with Crippen molar-refractivity contribution < 1.29 is 23.5 Å². The quantitative estimate of drug-likeness (QED) is 0.540. The third-order valence-corrected chi connectivity index (χ3v) is 3.72. The van der Waals surface area contributed by atoms with Gasteiger partial charge in [-0.2, -0.15) is 0 Å². The van der Waals surface area contributed by atoms with Gasteiger partial charge in [-0.1, -0.05) is 0 Å². The minimum Gasteiger partial charge on any atom is -0.422 e. The summed E-state index contributed by atoms with van der Waals surface area (Å²) in [6.45, 7) is 4.41. The van der Waals surface area contributed by atoms with Crippen LogP contribution in [0.1, 0.15) is 13.8 Å². The van der Waals surface area contributed by atoms with Crippen LogP contribution < -0.4 is 25.7 Å². The average molecular weight is 370 g/mol. The number of carbonyl (C=O) groups is 2. The first kappa shape index (κ1) is 18.2. The Bertz CT molecular complexity index is 1070. The molecule has 2 aromatic carbocycles. The summed E-state index contributed by atoms with van der Waals surface area (Å²) in [7, 11) is 0. The molecule has 0 aliphatic carbocycles. The van der Waals surface area contributed by atoms with Crippen LogP contribution in [0.2, 0.25) is 0 Å². The van der Waals surface area contributed by atoms with Crippen molar-refractivity contribution in [1.29, 1.82) is 0 Å². The first-order valence-electron chi connectivity index (χ1n) is 8.43. The van der Waals surface area contributed by atoms with E-state index < -0.39 is 17.8 Å². The summed E-state index contributed by atoms with van der Waals surface area (Å²) in [4.78, 5) is 35.4. The number of ether oxygens (including phenoxy) is 2. The number of fused-ring (bicyclic) bond motifs is 3. The standard InChI is InChI=1S/C19H18N2O6/c1-3-20-18(23)25-11-5-7-13-14-8-6-12(26-19(24)21-4-2)10-16(14)27-17(22)15(13)9-11/h5-10H,3-4H2,1-2H3,(H,20,23)(H,21,24). The van der Waals surface area contributed by atoms with Gasteiger partial charge in [0.15, 0.2) is 0 Å². The second-order valence-corrected chi connectivity index (χ2v) is 5.59. The van der Waals surface area contributed by atoms with Gasteiger partial charge in [0.25, 0.3) is 0 Å². The van der Waals surface area contributed by atoms with E-state index in [2.05, 4.69) is 10.6 Å². The maximum Gasteiger partial charge on any atom is 0.412 e. The molecule has 1 heterocycles. The zero-order chi connectivity index (χ0) is 19.4. The van der Waals surface area contributed by atoms with E-state index in [1.165, 1.54) is 12.1 Å². The second kappa shape index (κ2) is 7.77. The highest BCUT2D eigenvalue weighted by Crippen LogP contribution is 2.28. The third kappa shape index (κ3) is 4.00. The van der Waals surface area contributed by atoms with E-state index in [4.69, 9.17) is 13.9 Å². The van der Waals surface area contributed by atoms with Crippen LogP contribution in [0.4, 0.5) is 9.59 Å². The Balaban J connectivity index is 2.00. The zero-order valence-electron chi connectivity index (χ0n) is 14.8. The molecular formula is C19H18N2O6. The molecule has 140 valence electrons. The fourth-order valence-corrected chi connectivity index (χ4v) is 2.59. The van der Waals surface area contributed by atoms with Crippen molar-refractivity contribution in [3.63, 3.8) is 0 Å². The Hall–Kier alpha value is -3.55. The van der Waals surface area contributed by atoms with Crippen molar-refractivity contribution in [2.45, 2.75) is 13.8 Å². The lowest BCUT2D eigenvalue weighted by Crippen LogP contribution is -2.26. The van der Waals surface area contributed by atoms with E-state index in [1.807, 2.05) is 0 Å². The molecule has 3 rings (SSSR count). The van der Waals surface area contributed by atoms with Crippen LogP contribution in [0.25, 0.3) is 21.7 Å². The molecule has 0 radical (unpaired) electrons. The Morgan fingerprint density at radius 3 is 2.00 bits per heavy atom. The summed E-state index contributed by atoms with van der Waals surface area (Å²) in [6, 6.07) is 9.50. The van der Waals surface area contributed by atoms with Gasteiger partial charge in [0.2, 0.25) is 0 Å². The summed E-state index contributed by atoms with van der Waals surface area (Å²) >= 11 is 0. The molecule has 1 aromatic heterocycles. The molecular weight excluding hydrogens is 352 g/mol. The Labute approximate surface area is 154 Å². The summed E-state index contributed by atoms with van der Waals surface area (Å²) in [5.74, 6) is 0.489. The van der Waals surface area contributed by atoms with Gasteiger partial charge in [-0.3, -0.25) is 0 Å². The zero-order valence-corrected chi connectivity index (χ0v) is 14.8. The predicted molar refractivity (Wildman–Crippen MR) is 99.4 cm³/mol. The van der Waals surface area contributed by atoms with Crippen molar-refractivity contribution >= 4 is 33.9 Å². The third-order valence-electron chi connectivity index (χ3n) is 3.72. The fourth-order valence-electron chi connectivity index (χ4n) is 2.59. The van der Waals surface area contributed by atoms with Crippen molar-refractivity contribution in [1.82, 2.24) is 10.6 Å². The van der Waals surface area contributed by atoms with Crippen LogP contribution >= 0.6 is 0 Å². The molecule has 0 aliphatic heterocycles. The lowest BCUT2D eigenvalue weighted by Gasteiger charge is -2.08. The maximum absolute atomic E-state index is 12.3. The summed E-state index contributed by atoms with van der Waals surface area (Å²) < 4.78 is 15.6. The molecule has 0 bridgehead atoms. The van der Waals surface area contributed by atoms with Gasteiger partial charge in [-0.05, 0) is 44.2 Å². The minimum atomic E-state index is -0.603. The van der Waals surface area contributed by atoms with Crippen LogP contribution in [0, 0.1) is 0 Å². The highest BCUT2D eigenvalue weighted by atomic mass is 16.6. The molecule has 0 unspecified atom stereocenters. The predicted octanol–water partition coefficient (Wildman–Crippen LogP) is 3.16. The highest BCUT2D eigenvalue weighted by Gasteiger charge is 2.12.